The van der Waals surface area contributed by atoms with Gasteiger partial charge in [0.25, 0.3) is 0 Å². The topological polar surface area (TPSA) is 40.6 Å². The number of likely N-dealkylation sites (tertiary alicyclic amines) is 1. The van der Waals surface area contributed by atoms with E-state index in [0.717, 1.165) is 12.8 Å². The van der Waals surface area contributed by atoms with Crippen LogP contribution in [0.25, 0.3) is 0 Å². The molecule has 0 N–H and O–H groups in total. The van der Waals surface area contributed by atoms with Crippen molar-refractivity contribution in [1.29, 1.82) is 0 Å². The van der Waals surface area contributed by atoms with Gasteiger partial charge in [0.05, 0.1) is 0 Å². The largest absolute Gasteiger partial charge is 0.344 e. The highest BCUT2D eigenvalue weighted by molar-refractivity contribution is 5.89. The zero-order chi connectivity index (χ0) is 11.0. The van der Waals surface area contributed by atoms with Crippen molar-refractivity contribution < 1.29 is 9.59 Å². The smallest absolute Gasteiger partial charge is 0.246 e. The highest BCUT2D eigenvalue weighted by atomic mass is 16.2. The monoisotopic (exact) mass is 208 g/mol. The minimum Gasteiger partial charge on any atom is -0.344 e. The number of nitrogens with zero attached hydrogens (tertiary/aromatic N) is 2. The Labute approximate surface area is 89.5 Å². The van der Waals surface area contributed by atoms with E-state index in [1.165, 1.54) is 6.08 Å². The van der Waals surface area contributed by atoms with Crippen molar-refractivity contribution in [3.63, 3.8) is 0 Å². The summed E-state index contributed by atoms with van der Waals surface area (Å²) in [6, 6.07) is 0.287. The summed E-state index contributed by atoms with van der Waals surface area (Å²) in [4.78, 5) is 26.9. The van der Waals surface area contributed by atoms with E-state index in [4.69, 9.17) is 0 Å². The molecule has 2 rings (SSSR count). The van der Waals surface area contributed by atoms with Gasteiger partial charge < -0.3 is 9.80 Å². The van der Waals surface area contributed by atoms with Crippen molar-refractivity contribution in [3.05, 3.63) is 12.7 Å². The van der Waals surface area contributed by atoms with Crippen LogP contribution in [0.2, 0.25) is 0 Å². The average Bonchev–Trinajstić information content (AvgIpc) is 2.54. The predicted octanol–water partition coefficient (Wildman–Crippen LogP) is 0.394. The normalized spacial score (nSPS) is 30.3. The zero-order valence-electron chi connectivity index (χ0n) is 8.98. The van der Waals surface area contributed by atoms with Crippen molar-refractivity contribution in [3.8, 4) is 0 Å². The fourth-order valence-corrected chi connectivity index (χ4v) is 2.58. The number of rotatable bonds is 1. The van der Waals surface area contributed by atoms with Crippen LogP contribution in [0.5, 0.6) is 0 Å². The van der Waals surface area contributed by atoms with E-state index in [1.807, 2.05) is 4.90 Å². The first kappa shape index (κ1) is 10.2. The van der Waals surface area contributed by atoms with Gasteiger partial charge in [-0.1, -0.05) is 6.58 Å². The van der Waals surface area contributed by atoms with Gasteiger partial charge in [-0.05, 0) is 18.9 Å². The van der Waals surface area contributed by atoms with Crippen LogP contribution in [-0.2, 0) is 9.59 Å². The first-order valence-electron chi connectivity index (χ1n) is 5.32. The van der Waals surface area contributed by atoms with E-state index in [0.29, 0.717) is 13.0 Å². The molecule has 0 aromatic rings. The third-order valence-electron chi connectivity index (χ3n) is 3.37. The molecule has 0 aliphatic carbocycles. The van der Waals surface area contributed by atoms with E-state index in [1.54, 1.807) is 11.9 Å². The number of hydrogen-bond acceptors (Lipinski definition) is 2. The van der Waals surface area contributed by atoms with Crippen molar-refractivity contribution in [2.75, 3.05) is 13.6 Å². The van der Waals surface area contributed by atoms with Crippen molar-refractivity contribution in [1.82, 2.24) is 9.80 Å². The fraction of sp³-hybridized carbons (Fsp3) is 0.636. The number of hydrogen-bond donors (Lipinski definition) is 0. The van der Waals surface area contributed by atoms with Gasteiger partial charge in [-0.25, -0.2) is 0 Å². The fourth-order valence-electron chi connectivity index (χ4n) is 2.58. The quantitative estimate of drug-likeness (QED) is 0.585. The summed E-state index contributed by atoms with van der Waals surface area (Å²) < 4.78 is 0. The second-order valence-electron chi connectivity index (χ2n) is 4.31. The molecule has 0 spiro atoms. The molecule has 4 nitrogen and oxygen atoms in total. The van der Waals surface area contributed by atoms with Crippen LogP contribution in [0.15, 0.2) is 12.7 Å². The Hall–Kier alpha value is -1.32. The zero-order valence-corrected chi connectivity index (χ0v) is 8.98. The molecule has 82 valence electrons. The molecule has 15 heavy (non-hydrogen) atoms. The van der Waals surface area contributed by atoms with Crippen LogP contribution < -0.4 is 0 Å². The Morgan fingerprint density at radius 1 is 1.47 bits per heavy atom. The second-order valence-corrected chi connectivity index (χ2v) is 4.31. The molecule has 2 atom stereocenters. The van der Waals surface area contributed by atoms with Gasteiger partial charge in [0.1, 0.15) is 0 Å². The SMILES string of the molecule is C=CC(=O)N1[C@@H]2CC[C@H]1CN(C)C(=O)C2. The molecule has 0 saturated carbocycles. The standard InChI is InChI=1S/C11H16N2O2/c1-3-10(14)13-8-4-5-9(13)7-12(2)11(15)6-8/h3,8-9H,1,4-7H2,2H3/t8-,9+/m1/s1. The van der Waals surface area contributed by atoms with Gasteiger partial charge in [-0.3, -0.25) is 9.59 Å². The summed E-state index contributed by atoms with van der Waals surface area (Å²) in [7, 11) is 1.81. The summed E-state index contributed by atoms with van der Waals surface area (Å²) >= 11 is 0. The molecule has 0 radical (unpaired) electrons. The number of likely N-dealkylation sites (N-methyl/N-ethyl adjacent to an activating group) is 1. The molecule has 2 aliphatic heterocycles. The van der Waals surface area contributed by atoms with Crippen molar-refractivity contribution in [2.45, 2.75) is 31.3 Å². The van der Waals surface area contributed by atoms with Crippen LogP contribution in [0.1, 0.15) is 19.3 Å². The molecule has 2 aliphatic rings. The van der Waals surface area contributed by atoms with E-state index in [9.17, 15) is 9.59 Å². The van der Waals surface area contributed by atoms with Crippen molar-refractivity contribution in [2.24, 2.45) is 0 Å². The summed E-state index contributed by atoms with van der Waals surface area (Å²) in [6.45, 7) is 4.17. The van der Waals surface area contributed by atoms with E-state index < -0.39 is 0 Å². The van der Waals surface area contributed by atoms with Gasteiger partial charge in [0.15, 0.2) is 0 Å². The number of amides is 2. The molecule has 2 heterocycles. The number of carbonyl (C=O) groups is 2. The molecular formula is C11H16N2O2. The summed E-state index contributed by atoms with van der Waals surface area (Å²) in [5, 5.41) is 0. The Bertz CT molecular complexity index is 314. The average molecular weight is 208 g/mol. The molecule has 4 heteroatoms. The molecule has 2 bridgehead atoms. The van der Waals surface area contributed by atoms with Crippen LogP contribution >= 0.6 is 0 Å². The van der Waals surface area contributed by atoms with Crippen LogP contribution in [0.3, 0.4) is 0 Å². The number of carbonyl (C=O) groups excluding carboxylic acids is 2. The first-order valence-corrected chi connectivity index (χ1v) is 5.32. The minimum absolute atomic E-state index is 0.0365. The molecular weight excluding hydrogens is 192 g/mol. The Morgan fingerprint density at radius 2 is 2.13 bits per heavy atom. The molecule has 0 aromatic heterocycles. The highest BCUT2D eigenvalue weighted by Gasteiger charge is 2.40. The van der Waals surface area contributed by atoms with Gasteiger partial charge in [-0.15, -0.1) is 0 Å². The van der Waals surface area contributed by atoms with E-state index in [-0.39, 0.29) is 23.9 Å². The summed E-state index contributed by atoms with van der Waals surface area (Å²) in [5.74, 6) is 0.106. The van der Waals surface area contributed by atoms with Gasteiger partial charge in [0, 0.05) is 32.1 Å². The highest BCUT2D eigenvalue weighted by Crippen LogP contribution is 2.30. The van der Waals surface area contributed by atoms with Crippen LogP contribution in [0.4, 0.5) is 0 Å². The van der Waals surface area contributed by atoms with E-state index >= 15 is 0 Å². The lowest BCUT2D eigenvalue weighted by Crippen LogP contribution is -2.41. The lowest BCUT2D eigenvalue weighted by molar-refractivity contribution is -0.130. The molecule has 0 unspecified atom stereocenters. The Kier molecular flexibility index (Phi) is 2.50. The number of fused-ring (bicyclic) bond motifs is 2. The third-order valence-corrected chi connectivity index (χ3v) is 3.37. The molecule has 2 saturated heterocycles. The molecule has 2 amide bonds. The predicted molar refractivity (Wildman–Crippen MR) is 56.1 cm³/mol. The van der Waals surface area contributed by atoms with Crippen LogP contribution in [-0.4, -0.2) is 47.3 Å². The van der Waals surface area contributed by atoms with Crippen LogP contribution in [0, 0.1) is 0 Å². The maximum Gasteiger partial charge on any atom is 0.246 e. The summed E-state index contributed by atoms with van der Waals surface area (Å²) in [5.41, 5.74) is 0. The molecule has 0 aromatic carbocycles. The van der Waals surface area contributed by atoms with Crippen molar-refractivity contribution >= 4 is 11.8 Å². The van der Waals surface area contributed by atoms with Gasteiger partial charge in [0.2, 0.25) is 11.8 Å². The maximum atomic E-state index is 11.7. The second kappa shape index (κ2) is 3.68. The van der Waals surface area contributed by atoms with E-state index in [2.05, 4.69) is 6.58 Å². The van der Waals surface area contributed by atoms with Gasteiger partial charge in [-0.2, -0.15) is 0 Å². The maximum absolute atomic E-state index is 11.7. The third kappa shape index (κ3) is 1.64. The minimum atomic E-state index is -0.0365. The molecule has 2 fully saturated rings. The lowest BCUT2D eigenvalue weighted by Gasteiger charge is -2.26. The van der Waals surface area contributed by atoms with Gasteiger partial charge >= 0.3 is 0 Å². The Morgan fingerprint density at radius 3 is 2.80 bits per heavy atom. The Balaban J connectivity index is 2.23. The first-order chi connectivity index (χ1) is 7.13. The summed E-state index contributed by atoms with van der Waals surface area (Å²) in [6.07, 6.45) is 3.76. The lowest BCUT2D eigenvalue weighted by atomic mass is 10.1.